The normalized spacial score (nSPS) is 11.6. The highest BCUT2D eigenvalue weighted by Crippen LogP contribution is 2.43. The Hall–Kier alpha value is -6.20. The summed E-state index contributed by atoms with van der Waals surface area (Å²) >= 11 is 0. The SMILES string of the molecule is Oc1ccc2c(oc3c(-c4ccccc4)cccc32)c1-c1cccc(-c2ccc3c4ccccc4n(-c4ccccc4)c3n2)n1. The molecule has 0 aliphatic rings. The van der Waals surface area contributed by atoms with Gasteiger partial charge in [-0.2, -0.15) is 0 Å². The summed E-state index contributed by atoms with van der Waals surface area (Å²) < 4.78 is 8.78. The largest absolute Gasteiger partial charge is 0.507 e. The van der Waals surface area contributed by atoms with Crippen molar-refractivity contribution in [2.75, 3.05) is 0 Å². The molecular weight excluding hydrogens is 554 g/mol. The molecule has 0 amide bonds. The second kappa shape index (κ2) is 9.93. The molecule has 0 fully saturated rings. The molecule has 5 nitrogen and oxygen atoms in total. The van der Waals surface area contributed by atoms with Crippen LogP contribution in [0.3, 0.4) is 0 Å². The maximum Gasteiger partial charge on any atom is 0.148 e. The molecule has 5 aromatic carbocycles. The van der Waals surface area contributed by atoms with Crippen LogP contribution in [0.2, 0.25) is 0 Å². The van der Waals surface area contributed by atoms with E-state index in [4.69, 9.17) is 14.4 Å². The number of pyridine rings is 2. The molecule has 0 bridgehead atoms. The van der Waals surface area contributed by atoms with Crippen LogP contribution in [-0.4, -0.2) is 19.6 Å². The summed E-state index contributed by atoms with van der Waals surface area (Å²) in [6.45, 7) is 0. The van der Waals surface area contributed by atoms with Gasteiger partial charge in [0, 0.05) is 32.8 Å². The molecule has 0 atom stereocenters. The molecule has 4 heterocycles. The van der Waals surface area contributed by atoms with Crippen molar-refractivity contribution in [3.8, 4) is 45.2 Å². The predicted octanol–water partition coefficient (Wildman–Crippen LogP) is 10.2. The summed E-state index contributed by atoms with van der Waals surface area (Å²) in [5.41, 5.74) is 9.09. The minimum absolute atomic E-state index is 0.111. The zero-order valence-corrected chi connectivity index (χ0v) is 24.1. The molecule has 0 spiro atoms. The predicted molar refractivity (Wildman–Crippen MR) is 182 cm³/mol. The zero-order valence-electron chi connectivity index (χ0n) is 24.1. The van der Waals surface area contributed by atoms with E-state index in [1.54, 1.807) is 6.07 Å². The first-order chi connectivity index (χ1) is 22.2. The van der Waals surface area contributed by atoms with Gasteiger partial charge in [0.05, 0.1) is 28.2 Å². The van der Waals surface area contributed by atoms with Crippen LogP contribution < -0.4 is 0 Å². The average molecular weight is 580 g/mol. The second-order valence-electron chi connectivity index (χ2n) is 11.2. The molecule has 212 valence electrons. The fraction of sp³-hybridized carbons (Fsp3) is 0. The van der Waals surface area contributed by atoms with Gasteiger partial charge in [-0.25, -0.2) is 9.97 Å². The van der Waals surface area contributed by atoms with E-state index >= 15 is 0 Å². The van der Waals surface area contributed by atoms with Gasteiger partial charge in [0.15, 0.2) is 0 Å². The maximum atomic E-state index is 11.2. The van der Waals surface area contributed by atoms with Crippen molar-refractivity contribution in [3.05, 3.63) is 146 Å². The number of fused-ring (bicyclic) bond motifs is 6. The van der Waals surface area contributed by atoms with Crippen LogP contribution in [0.4, 0.5) is 0 Å². The molecule has 0 aliphatic carbocycles. The highest BCUT2D eigenvalue weighted by Gasteiger charge is 2.20. The lowest BCUT2D eigenvalue weighted by atomic mass is 10.0. The van der Waals surface area contributed by atoms with Gasteiger partial charge in [-0.3, -0.25) is 4.57 Å². The molecule has 9 rings (SSSR count). The van der Waals surface area contributed by atoms with Crippen LogP contribution in [-0.2, 0) is 0 Å². The molecule has 0 radical (unpaired) electrons. The summed E-state index contributed by atoms with van der Waals surface area (Å²) in [6, 6.07) is 48.6. The van der Waals surface area contributed by atoms with Crippen LogP contribution in [0.1, 0.15) is 0 Å². The van der Waals surface area contributed by atoms with E-state index < -0.39 is 0 Å². The summed E-state index contributed by atoms with van der Waals surface area (Å²) in [6.07, 6.45) is 0. The number of phenolic OH excluding ortho intramolecular Hbond substituents is 1. The molecule has 5 heteroatoms. The molecule has 0 saturated heterocycles. The molecular formula is C40H25N3O2. The number of benzene rings is 5. The summed E-state index contributed by atoms with van der Waals surface area (Å²) in [5.74, 6) is 0.111. The molecule has 0 unspecified atom stereocenters. The van der Waals surface area contributed by atoms with Crippen LogP contribution in [0.15, 0.2) is 150 Å². The fourth-order valence-corrected chi connectivity index (χ4v) is 6.48. The van der Waals surface area contributed by atoms with Crippen molar-refractivity contribution >= 4 is 43.9 Å². The highest BCUT2D eigenvalue weighted by atomic mass is 16.3. The van der Waals surface area contributed by atoms with Crippen LogP contribution in [0, 0.1) is 0 Å². The Labute approximate surface area is 258 Å². The zero-order chi connectivity index (χ0) is 29.9. The van der Waals surface area contributed by atoms with Crippen LogP contribution >= 0.6 is 0 Å². The second-order valence-corrected chi connectivity index (χ2v) is 11.2. The Morgan fingerprint density at radius 1 is 0.489 bits per heavy atom. The van der Waals surface area contributed by atoms with Crippen molar-refractivity contribution in [3.63, 3.8) is 0 Å². The van der Waals surface area contributed by atoms with Gasteiger partial charge in [-0.15, -0.1) is 0 Å². The maximum absolute atomic E-state index is 11.2. The molecule has 1 N–H and O–H groups in total. The Morgan fingerprint density at radius 2 is 1.16 bits per heavy atom. The Morgan fingerprint density at radius 3 is 2.02 bits per heavy atom. The van der Waals surface area contributed by atoms with E-state index in [0.717, 1.165) is 60.8 Å². The third kappa shape index (κ3) is 3.95. The first-order valence-electron chi connectivity index (χ1n) is 14.9. The number of rotatable bonds is 4. The molecule has 9 aromatic rings. The van der Waals surface area contributed by atoms with Gasteiger partial charge in [0.25, 0.3) is 0 Å². The topological polar surface area (TPSA) is 64.1 Å². The van der Waals surface area contributed by atoms with E-state index in [1.165, 1.54) is 0 Å². The van der Waals surface area contributed by atoms with Gasteiger partial charge in [0.2, 0.25) is 0 Å². The van der Waals surface area contributed by atoms with Crippen molar-refractivity contribution in [2.45, 2.75) is 0 Å². The van der Waals surface area contributed by atoms with Crippen LogP contribution in [0.5, 0.6) is 5.75 Å². The van der Waals surface area contributed by atoms with Gasteiger partial charge in [0.1, 0.15) is 22.6 Å². The standard InChI is InChI=1S/C40H25N3O2/c44-36-24-22-30-29-17-9-16-27(25-11-3-1-4-12-25)38(29)45-39(30)37(36)34-19-10-18-32(41-34)33-23-21-31-28-15-7-8-20-35(28)43(40(31)42-33)26-13-5-2-6-14-26/h1-24,44H. The number of aromatic hydroxyl groups is 1. The van der Waals surface area contributed by atoms with E-state index in [0.29, 0.717) is 22.5 Å². The van der Waals surface area contributed by atoms with Gasteiger partial charge in [-0.05, 0) is 60.2 Å². The van der Waals surface area contributed by atoms with Gasteiger partial charge in [-0.1, -0.05) is 91.0 Å². The number of para-hydroxylation sites is 3. The summed E-state index contributed by atoms with van der Waals surface area (Å²) in [7, 11) is 0. The first kappa shape index (κ1) is 25.3. The fourth-order valence-electron chi connectivity index (χ4n) is 6.48. The van der Waals surface area contributed by atoms with Crippen molar-refractivity contribution < 1.29 is 9.52 Å². The number of phenols is 1. The molecule has 0 aliphatic heterocycles. The lowest BCUT2D eigenvalue weighted by Crippen LogP contribution is -1.97. The number of furan rings is 1. The Bertz CT molecular complexity index is 2550. The van der Waals surface area contributed by atoms with E-state index in [-0.39, 0.29) is 5.75 Å². The molecule has 4 aromatic heterocycles. The lowest BCUT2D eigenvalue weighted by molar-refractivity contribution is 0.477. The molecule has 0 saturated carbocycles. The van der Waals surface area contributed by atoms with Crippen molar-refractivity contribution in [2.24, 2.45) is 0 Å². The first-order valence-corrected chi connectivity index (χ1v) is 14.9. The quantitative estimate of drug-likeness (QED) is 0.225. The lowest BCUT2D eigenvalue weighted by Gasteiger charge is -2.09. The monoisotopic (exact) mass is 579 g/mol. The minimum atomic E-state index is 0.111. The number of hydrogen-bond acceptors (Lipinski definition) is 4. The van der Waals surface area contributed by atoms with E-state index in [9.17, 15) is 5.11 Å². The minimum Gasteiger partial charge on any atom is -0.507 e. The summed E-state index contributed by atoms with van der Waals surface area (Å²) in [4.78, 5) is 10.2. The number of hydrogen-bond donors (Lipinski definition) is 1. The summed E-state index contributed by atoms with van der Waals surface area (Å²) in [5, 5.41) is 15.3. The number of aromatic nitrogens is 3. The van der Waals surface area contributed by atoms with E-state index in [2.05, 4.69) is 71.3 Å². The Balaban J connectivity index is 1.23. The average Bonchev–Trinajstić information content (AvgIpc) is 3.64. The third-order valence-corrected chi connectivity index (χ3v) is 8.53. The van der Waals surface area contributed by atoms with E-state index in [1.807, 2.05) is 72.8 Å². The number of nitrogens with zero attached hydrogens (tertiary/aromatic N) is 3. The van der Waals surface area contributed by atoms with Crippen LogP contribution in [0.25, 0.3) is 83.3 Å². The van der Waals surface area contributed by atoms with Gasteiger partial charge < -0.3 is 9.52 Å². The van der Waals surface area contributed by atoms with Gasteiger partial charge >= 0.3 is 0 Å². The molecule has 45 heavy (non-hydrogen) atoms. The highest BCUT2D eigenvalue weighted by molar-refractivity contribution is 6.14. The van der Waals surface area contributed by atoms with Crippen molar-refractivity contribution in [1.82, 2.24) is 14.5 Å². The smallest absolute Gasteiger partial charge is 0.148 e. The third-order valence-electron chi connectivity index (χ3n) is 8.53. The van der Waals surface area contributed by atoms with Crippen molar-refractivity contribution in [1.29, 1.82) is 0 Å². The Kier molecular flexibility index (Phi) is 5.59.